The number of methoxy groups -OCH3 is 1. The third-order valence-electron chi connectivity index (χ3n) is 4.89. The van der Waals surface area contributed by atoms with Crippen LogP contribution in [0.5, 0.6) is 5.75 Å². The fourth-order valence-corrected chi connectivity index (χ4v) is 4.59. The van der Waals surface area contributed by atoms with Crippen LogP contribution in [0.3, 0.4) is 0 Å². The van der Waals surface area contributed by atoms with Gasteiger partial charge in [-0.2, -0.15) is 0 Å². The van der Waals surface area contributed by atoms with E-state index in [1.807, 2.05) is 41.8 Å². The third-order valence-corrected chi connectivity index (χ3v) is 6.03. The average molecular weight is 346 g/mol. The summed E-state index contributed by atoms with van der Waals surface area (Å²) in [6, 6.07) is 7.90. The first-order valence-corrected chi connectivity index (χ1v) is 9.42. The summed E-state index contributed by atoms with van der Waals surface area (Å²) in [7, 11) is 3.72. The lowest BCUT2D eigenvalue weighted by molar-refractivity contribution is 0.143. The third kappa shape index (κ3) is 3.97. The SMILES string of the molecule is COc1ccc(C(CO)N(C)Cc2cnc(C3CCCC3)s2)cc1. The quantitative estimate of drug-likeness (QED) is 0.824. The van der Waals surface area contributed by atoms with Gasteiger partial charge in [0.05, 0.1) is 24.8 Å². The van der Waals surface area contributed by atoms with E-state index < -0.39 is 0 Å². The number of benzene rings is 1. The first kappa shape index (κ1) is 17.4. The Hall–Kier alpha value is -1.43. The van der Waals surface area contributed by atoms with E-state index in [2.05, 4.69) is 16.9 Å². The number of likely N-dealkylation sites (N-methyl/N-ethyl adjacent to an activating group) is 1. The molecule has 1 fully saturated rings. The molecule has 1 aliphatic rings. The second-order valence-electron chi connectivity index (χ2n) is 6.53. The van der Waals surface area contributed by atoms with E-state index >= 15 is 0 Å². The van der Waals surface area contributed by atoms with E-state index in [0.29, 0.717) is 5.92 Å². The van der Waals surface area contributed by atoms with E-state index in [9.17, 15) is 5.11 Å². The summed E-state index contributed by atoms with van der Waals surface area (Å²) in [5.74, 6) is 1.51. The average Bonchev–Trinajstić information content (AvgIpc) is 3.27. The Morgan fingerprint density at radius 2 is 2.00 bits per heavy atom. The van der Waals surface area contributed by atoms with E-state index in [1.165, 1.54) is 35.6 Å². The van der Waals surface area contributed by atoms with Gasteiger partial charge in [0.1, 0.15) is 5.75 Å². The van der Waals surface area contributed by atoms with Gasteiger partial charge in [0, 0.05) is 23.5 Å². The predicted molar refractivity (Wildman–Crippen MR) is 97.6 cm³/mol. The van der Waals surface area contributed by atoms with Crippen LogP contribution in [0.2, 0.25) is 0 Å². The molecule has 0 spiro atoms. The Kier molecular flexibility index (Phi) is 5.87. The molecule has 0 radical (unpaired) electrons. The molecule has 1 saturated carbocycles. The first-order chi connectivity index (χ1) is 11.7. The molecule has 0 bridgehead atoms. The van der Waals surface area contributed by atoms with Gasteiger partial charge >= 0.3 is 0 Å². The van der Waals surface area contributed by atoms with Gasteiger partial charge in [0.2, 0.25) is 0 Å². The molecule has 24 heavy (non-hydrogen) atoms. The molecule has 0 aliphatic heterocycles. The Labute approximate surface area is 148 Å². The van der Waals surface area contributed by atoms with Gasteiger partial charge in [0.25, 0.3) is 0 Å². The van der Waals surface area contributed by atoms with Crippen molar-refractivity contribution in [1.29, 1.82) is 0 Å². The summed E-state index contributed by atoms with van der Waals surface area (Å²) in [6.45, 7) is 0.902. The van der Waals surface area contributed by atoms with E-state index in [1.54, 1.807) is 7.11 Å². The number of hydrogen-bond acceptors (Lipinski definition) is 5. The van der Waals surface area contributed by atoms with Crippen molar-refractivity contribution < 1.29 is 9.84 Å². The van der Waals surface area contributed by atoms with Crippen LogP contribution < -0.4 is 4.74 Å². The Balaban J connectivity index is 1.66. The number of thiazole rings is 1. The Morgan fingerprint density at radius 1 is 1.29 bits per heavy atom. The van der Waals surface area contributed by atoms with Crippen molar-refractivity contribution in [3.63, 3.8) is 0 Å². The summed E-state index contributed by atoms with van der Waals surface area (Å²) >= 11 is 1.83. The van der Waals surface area contributed by atoms with E-state index in [-0.39, 0.29) is 12.6 Å². The summed E-state index contributed by atoms with van der Waals surface area (Å²) in [4.78, 5) is 8.10. The predicted octanol–water partition coefficient (Wildman–Crippen LogP) is 3.97. The fraction of sp³-hybridized carbons (Fsp3) is 0.526. The molecule has 5 heteroatoms. The molecule has 130 valence electrons. The highest BCUT2D eigenvalue weighted by Gasteiger charge is 2.22. The maximum Gasteiger partial charge on any atom is 0.118 e. The van der Waals surface area contributed by atoms with Crippen LogP contribution in [0.4, 0.5) is 0 Å². The summed E-state index contributed by atoms with van der Waals surface area (Å²) in [6.07, 6.45) is 7.26. The van der Waals surface area contributed by atoms with Crippen LogP contribution in [0.25, 0.3) is 0 Å². The Morgan fingerprint density at radius 3 is 2.62 bits per heavy atom. The van der Waals surface area contributed by atoms with Gasteiger partial charge in [0.15, 0.2) is 0 Å². The van der Waals surface area contributed by atoms with Crippen molar-refractivity contribution in [2.75, 3.05) is 20.8 Å². The molecule has 1 heterocycles. The monoisotopic (exact) mass is 346 g/mol. The minimum absolute atomic E-state index is 0.0204. The minimum atomic E-state index is -0.0204. The molecule has 4 nitrogen and oxygen atoms in total. The van der Waals surface area contributed by atoms with Crippen LogP contribution in [0, 0.1) is 0 Å². The van der Waals surface area contributed by atoms with Crippen molar-refractivity contribution in [2.24, 2.45) is 0 Å². The standard InChI is InChI=1S/C19H26N2O2S/c1-21(18(13-22)14-7-9-16(23-2)10-8-14)12-17-11-20-19(24-17)15-5-3-4-6-15/h7-11,15,18,22H,3-6,12-13H2,1-2H3. The highest BCUT2D eigenvalue weighted by molar-refractivity contribution is 7.11. The van der Waals surface area contributed by atoms with Gasteiger partial charge in [-0.05, 0) is 37.6 Å². The molecule has 1 aromatic carbocycles. The molecule has 1 unspecified atom stereocenters. The van der Waals surface area contributed by atoms with Crippen LogP contribution in [0.15, 0.2) is 30.5 Å². The van der Waals surface area contributed by atoms with Crippen molar-refractivity contribution >= 4 is 11.3 Å². The highest BCUT2D eigenvalue weighted by Crippen LogP contribution is 2.36. The van der Waals surface area contributed by atoms with E-state index in [4.69, 9.17) is 4.74 Å². The summed E-state index contributed by atoms with van der Waals surface area (Å²) < 4.78 is 5.21. The number of aliphatic hydroxyl groups is 1. The second-order valence-corrected chi connectivity index (χ2v) is 7.68. The zero-order valence-corrected chi connectivity index (χ0v) is 15.3. The number of rotatable bonds is 7. The minimum Gasteiger partial charge on any atom is -0.497 e. The molecule has 1 atom stereocenters. The highest BCUT2D eigenvalue weighted by atomic mass is 32.1. The van der Waals surface area contributed by atoms with Gasteiger partial charge < -0.3 is 9.84 Å². The van der Waals surface area contributed by atoms with Gasteiger partial charge in [-0.15, -0.1) is 11.3 Å². The normalized spacial score (nSPS) is 16.7. The zero-order valence-electron chi connectivity index (χ0n) is 14.4. The van der Waals surface area contributed by atoms with Crippen molar-refractivity contribution in [3.8, 4) is 5.75 Å². The lowest BCUT2D eigenvalue weighted by atomic mass is 10.1. The smallest absolute Gasteiger partial charge is 0.118 e. The molecule has 0 amide bonds. The fourth-order valence-electron chi connectivity index (χ4n) is 3.44. The zero-order chi connectivity index (χ0) is 16.9. The second kappa shape index (κ2) is 8.10. The molecule has 1 aromatic heterocycles. The topological polar surface area (TPSA) is 45.6 Å². The maximum absolute atomic E-state index is 9.85. The number of hydrogen-bond donors (Lipinski definition) is 1. The van der Waals surface area contributed by atoms with Crippen LogP contribution in [0.1, 0.15) is 53.1 Å². The van der Waals surface area contributed by atoms with Gasteiger partial charge in [-0.25, -0.2) is 4.98 Å². The molecular weight excluding hydrogens is 320 g/mol. The Bertz CT molecular complexity index is 635. The number of nitrogens with zero attached hydrogens (tertiary/aromatic N) is 2. The van der Waals surface area contributed by atoms with Crippen molar-refractivity contribution in [1.82, 2.24) is 9.88 Å². The molecule has 0 saturated heterocycles. The number of ether oxygens (including phenoxy) is 1. The molecule has 1 aliphatic carbocycles. The lowest BCUT2D eigenvalue weighted by Gasteiger charge is -2.26. The van der Waals surface area contributed by atoms with Crippen LogP contribution >= 0.6 is 11.3 Å². The van der Waals surface area contributed by atoms with Crippen LogP contribution in [-0.2, 0) is 6.54 Å². The van der Waals surface area contributed by atoms with Crippen molar-refractivity contribution in [3.05, 3.63) is 45.9 Å². The maximum atomic E-state index is 9.85. The number of aromatic nitrogens is 1. The van der Waals surface area contributed by atoms with Gasteiger partial charge in [-0.3, -0.25) is 4.90 Å². The first-order valence-electron chi connectivity index (χ1n) is 8.61. The summed E-state index contributed by atoms with van der Waals surface area (Å²) in [5, 5.41) is 11.1. The van der Waals surface area contributed by atoms with E-state index in [0.717, 1.165) is 17.9 Å². The molecule has 1 N–H and O–H groups in total. The largest absolute Gasteiger partial charge is 0.497 e. The molecule has 3 rings (SSSR count). The van der Waals surface area contributed by atoms with Crippen LogP contribution in [-0.4, -0.2) is 35.8 Å². The summed E-state index contributed by atoms with van der Waals surface area (Å²) in [5.41, 5.74) is 1.10. The van der Waals surface area contributed by atoms with Gasteiger partial charge in [-0.1, -0.05) is 25.0 Å². The molecular formula is C19H26N2O2S. The van der Waals surface area contributed by atoms with Crippen molar-refractivity contribution in [2.45, 2.75) is 44.2 Å². The molecule has 2 aromatic rings. The number of aliphatic hydroxyl groups excluding tert-OH is 1. The lowest BCUT2D eigenvalue weighted by Crippen LogP contribution is -2.26.